The molecule has 2 aliphatic carbocycles. The molecule has 7 atom stereocenters. The van der Waals surface area contributed by atoms with Crippen LogP contribution in [0.3, 0.4) is 0 Å². The van der Waals surface area contributed by atoms with Gasteiger partial charge in [-0.1, -0.05) is 24.8 Å². The molecule has 0 saturated carbocycles. The van der Waals surface area contributed by atoms with Gasteiger partial charge in [-0.25, -0.2) is 4.79 Å². The van der Waals surface area contributed by atoms with Crippen LogP contribution < -0.4 is 4.74 Å². The smallest absolute Gasteiger partial charge is 0.409 e. The number of aliphatic hydroxyl groups excluding tert-OH is 1. The minimum Gasteiger partial charge on any atom is -0.507 e. The zero-order chi connectivity index (χ0) is 42.2. The Morgan fingerprint density at radius 1 is 1.07 bits per heavy atom. The third-order valence-corrected chi connectivity index (χ3v) is 11.2. The zero-order valence-corrected chi connectivity index (χ0v) is 33.6. The Balaban J connectivity index is 1.37. The molecule has 2 aromatic carbocycles. The number of carbonyl (C=O) groups excluding carboxylic acids is 4. The number of phenols is 2. The number of rotatable bonds is 12. The van der Waals surface area contributed by atoms with E-state index in [0.29, 0.717) is 19.7 Å². The molecular weight excluding hydrogens is 758 g/mol. The number of methoxy groups -OCH3 is 1. The largest absolute Gasteiger partial charge is 0.507 e. The number of ketones is 2. The van der Waals surface area contributed by atoms with Crippen molar-refractivity contribution >= 4 is 23.6 Å². The van der Waals surface area contributed by atoms with E-state index in [1.54, 1.807) is 6.92 Å². The summed E-state index contributed by atoms with van der Waals surface area (Å²) in [6.07, 6.45) is -4.99. The molecule has 58 heavy (non-hydrogen) atoms. The van der Waals surface area contributed by atoms with Crippen molar-refractivity contribution in [2.24, 2.45) is 0 Å². The average molecular weight is 812 g/mol. The Kier molecular flexibility index (Phi) is 12.8. The number of likely N-dealkylation sites (N-methyl/N-ethyl adjacent to an activating group) is 2. The third kappa shape index (κ3) is 8.16. The Morgan fingerprint density at radius 2 is 1.78 bits per heavy atom. The molecule has 17 nitrogen and oxygen atoms in total. The summed E-state index contributed by atoms with van der Waals surface area (Å²) in [6.45, 7) is 10.2. The number of hydrogen-bond acceptors (Lipinski definition) is 15. The lowest BCUT2D eigenvalue weighted by Gasteiger charge is -2.47. The Labute approximate surface area is 336 Å². The maximum Gasteiger partial charge on any atom is 0.409 e. The first-order chi connectivity index (χ1) is 27.5. The molecule has 4 aliphatic rings. The summed E-state index contributed by atoms with van der Waals surface area (Å²) < 4.78 is 34.8. The van der Waals surface area contributed by atoms with Crippen molar-refractivity contribution in [1.29, 1.82) is 0 Å². The van der Waals surface area contributed by atoms with Crippen molar-refractivity contribution in [2.45, 2.75) is 88.7 Å². The maximum absolute atomic E-state index is 14.2. The second-order valence-corrected chi connectivity index (χ2v) is 15.5. The van der Waals surface area contributed by atoms with Gasteiger partial charge in [0.25, 0.3) is 5.91 Å². The Hall–Kier alpha value is -4.62. The number of carbonyl (C=O) groups is 4. The van der Waals surface area contributed by atoms with Gasteiger partial charge in [-0.3, -0.25) is 19.3 Å². The quantitative estimate of drug-likeness (QED) is 0.153. The van der Waals surface area contributed by atoms with Gasteiger partial charge in [0.1, 0.15) is 29.5 Å². The van der Waals surface area contributed by atoms with Crippen molar-refractivity contribution in [2.75, 3.05) is 60.6 Å². The number of aliphatic hydroxyl groups is 2. The van der Waals surface area contributed by atoms with E-state index in [9.17, 15) is 39.6 Å². The SMILES string of the molecule is C=CCOC(=O)N(C)CCN(C)C(=O)[C@]1(O)Cc2c(O)c3c(c(O)c2[C@@H](O[C@H]2C[C@H](N4CCO[C@H](OC(C)C)C4)[C@H](O)[C@H](C)O2)C1)C(=O)c1c(OC)cccc1C3=O. The van der Waals surface area contributed by atoms with Gasteiger partial charge >= 0.3 is 6.09 Å². The van der Waals surface area contributed by atoms with Crippen LogP contribution in [0.25, 0.3) is 0 Å². The molecule has 316 valence electrons. The van der Waals surface area contributed by atoms with E-state index < -0.39 is 102 Å². The maximum atomic E-state index is 14.2. The highest BCUT2D eigenvalue weighted by Gasteiger charge is 2.52. The van der Waals surface area contributed by atoms with Crippen LogP contribution in [-0.4, -0.2) is 162 Å². The summed E-state index contributed by atoms with van der Waals surface area (Å²) in [7, 11) is 4.25. The Bertz CT molecular complexity index is 1940. The number of ether oxygens (including phenoxy) is 6. The molecule has 2 saturated heterocycles. The van der Waals surface area contributed by atoms with Crippen molar-refractivity contribution in [3.63, 3.8) is 0 Å². The lowest BCUT2D eigenvalue weighted by molar-refractivity contribution is -0.269. The molecule has 2 heterocycles. The summed E-state index contributed by atoms with van der Waals surface area (Å²) in [5.74, 6) is -3.62. The van der Waals surface area contributed by atoms with Crippen LogP contribution in [0.15, 0.2) is 30.9 Å². The van der Waals surface area contributed by atoms with Gasteiger partial charge in [0.2, 0.25) is 5.78 Å². The molecule has 0 unspecified atom stereocenters. The molecule has 2 aliphatic heterocycles. The Morgan fingerprint density at radius 3 is 2.47 bits per heavy atom. The predicted molar refractivity (Wildman–Crippen MR) is 205 cm³/mol. The molecule has 0 bridgehead atoms. The first-order valence-corrected chi connectivity index (χ1v) is 19.3. The van der Waals surface area contributed by atoms with E-state index >= 15 is 0 Å². The molecule has 4 N–H and O–H groups in total. The summed E-state index contributed by atoms with van der Waals surface area (Å²) in [5, 5.41) is 47.6. The molecule has 2 aromatic rings. The summed E-state index contributed by atoms with van der Waals surface area (Å²) >= 11 is 0. The highest BCUT2D eigenvalue weighted by Crippen LogP contribution is 2.53. The zero-order valence-electron chi connectivity index (χ0n) is 33.6. The van der Waals surface area contributed by atoms with Crippen LogP contribution >= 0.6 is 0 Å². The number of benzene rings is 2. The lowest BCUT2D eigenvalue weighted by Crippen LogP contribution is -2.59. The molecule has 2 fully saturated rings. The molecule has 0 aromatic heterocycles. The molecule has 17 heteroatoms. The van der Waals surface area contributed by atoms with Gasteiger partial charge in [0.05, 0.1) is 54.8 Å². The third-order valence-electron chi connectivity index (χ3n) is 11.2. The minimum absolute atomic E-state index is 0.00549. The summed E-state index contributed by atoms with van der Waals surface area (Å²) in [5.41, 5.74) is -3.67. The van der Waals surface area contributed by atoms with Gasteiger partial charge in [0, 0.05) is 82.3 Å². The normalized spacial score (nSPS) is 27.0. The van der Waals surface area contributed by atoms with E-state index in [-0.39, 0.29) is 60.2 Å². The number of amides is 2. The topological polar surface area (TPSA) is 214 Å². The highest BCUT2D eigenvalue weighted by molar-refractivity contribution is 6.31. The second-order valence-electron chi connectivity index (χ2n) is 15.5. The monoisotopic (exact) mass is 811 g/mol. The van der Waals surface area contributed by atoms with Crippen molar-refractivity contribution in [3.8, 4) is 17.2 Å². The fourth-order valence-corrected chi connectivity index (χ4v) is 8.27. The number of morpholine rings is 1. The van der Waals surface area contributed by atoms with Crippen LogP contribution in [-0.2, 0) is 34.9 Å². The molecular formula is C41H53N3O14. The second kappa shape index (κ2) is 17.3. The lowest BCUT2D eigenvalue weighted by atomic mass is 9.72. The number of hydrogen-bond donors (Lipinski definition) is 4. The van der Waals surface area contributed by atoms with E-state index in [0.717, 1.165) is 0 Å². The molecule has 6 rings (SSSR count). The van der Waals surface area contributed by atoms with Gasteiger partial charge in [-0.2, -0.15) is 0 Å². The highest BCUT2D eigenvalue weighted by atomic mass is 16.7. The molecule has 2 amide bonds. The molecule has 0 radical (unpaired) electrons. The van der Waals surface area contributed by atoms with Crippen molar-refractivity contribution in [3.05, 3.63) is 64.2 Å². The standard InChI is InChI=1S/C41H53N3O14/c1-8-15-55-40(51)43(6)13-12-42(5)39(50)41(52)18-24-31(38(49)33-32(36(24)47)35(46)23-10-9-11-26(53-7)30(23)37(33)48)27(19-41)58-28-17-25(34(45)22(4)57-28)44-14-16-54-29(20-44)56-21(2)3/h8-11,21-22,25,27-29,34,45,47,49,52H,1,12-20H2,2-7H3/t22-,25-,27-,28-,29+,34+,41-/m0/s1. The van der Waals surface area contributed by atoms with Crippen LogP contribution in [0.1, 0.15) is 82.7 Å². The molecule has 0 spiro atoms. The van der Waals surface area contributed by atoms with E-state index in [1.807, 2.05) is 18.7 Å². The number of aromatic hydroxyl groups is 2. The van der Waals surface area contributed by atoms with E-state index in [1.165, 1.54) is 55.3 Å². The van der Waals surface area contributed by atoms with Gasteiger partial charge in [0.15, 0.2) is 18.4 Å². The first kappa shape index (κ1) is 43.0. The summed E-state index contributed by atoms with van der Waals surface area (Å²) in [4.78, 5) is 59.2. The fourth-order valence-electron chi connectivity index (χ4n) is 8.27. The van der Waals surface area contributed by atoms with E-state index in [4.69, 9.17) is 28.4 Å². The average Bonchev–Trinajstić information content (AvgIpc) is 3.19. The van der Waals surface area contributed by atoms with Crippen LogP contribution in [0.2, 0.25) is 0 Å². The number of fused-ring (bicyclic) bond motifs is 3. The first-order valence-electron chi connectivity index (χ1n) is 19.3. The predicted octanol–water partition coefficient (Wildman–Crippen LogP) is 2.28. The number of nitrogens with zero attached hydrogens (tertiary/aromatic N) is 3. The van der Waals surface area contributed by atoms with Gasteiger partial charge in [-0.05, 0) is 26.8 Å². The fraction of sp³-hybridized carbons (Fsp3) is 0.561. The van der Waals surface area contributed by atoms with Gasteiger partial charge in [-0.15, -0.1) is 0 Å². The minimum atomic E-state index is -2.29. The van der Waals surface area contributed by atoms with Gasteiger partial charge < -0.3 is 58.6 Å². The van der Waals surface area contributed by atoms with E-state index in [2.05, 4.69) is 6.58 Å². The number of phenolic OH excluding ortho intramolecular Hbond substituents is 2. The summed E-state index contributed by atoms with van der Waals surface area (Å²) in [6, 6.07) is 3.91. The van der Waals surface area contributed by atoms with Crippen molar-refractivity contribution < 1.29 is 68.0 Å². The van der Waals surface area contributed by atoms with Crippen LogP contribution in [0.5, 0.6) is 17.2 Å². The van der Waals surface area contributed by atoms with Crippen LogP contribution in [0.4, 0.5) is 4.79 Å². The van der Waals surface area contributed by atoms with Crippen molar-refractivity contribution in [1.82, 2.24) is 14.7 Å². The van der Waals surface area contributed by atoms with Crippen LogP contribution in [0, 0.1) is 0 Å².